The van der Waals surface area contributed by atoms with E-state index < -0.39 is 0 Å². The summed E-state index contributed by atoms with van der Waals surface area (Å²) in [6.45, 7) is 0.753. The Morgan fingerprint density at radius 1 is 1.00 bits per heavy atom. The Morgan fingerprint density at radius 3 is 2.60 bits per heavy atom. The van der Waals surface area contributed by atoms with Crippen molar-refractivity contribution >= 4 is 5.69 Å². The number of benzene rings is 1. The third kappa shape index (κ3) is 3.07. The highest BCUT2D eigenvalue weighted by molar-refractivity contribution is 5.41. The minimum atomic E-state index is 0.753. The van der Waals surface area contributed by atoms with Crippen LogP contribution in [0.3, 0.4) is 0 Å². The molecule has 1 aromatic heterocycles. The molecule has 0 amide bonds. The van der Waals surface area contributed by atoms with Gasteiger partial charge in [-0.2, -0.15) is 0 Å². The van der Waals surface area contributed by atoms with Crippen molar-refractivity contribution in [2.45, 2.75) is 6.54 Å². The van der Waals surface area contributed by atoms with Crippen LogP contribution in [0.15, 0.2) is 54.9 Å². The second kappa shape index (κ2) is 5.12. The number of hydrazine groups is 1. The highest BCUT2D eigenvalue weighted by Gasteiger charge is 1.91. The maximum absolute atomic E-state index is 4.04. The molecule has 76 valence electrons. The van der Waals surface area contributed by atoms with Crippen LogP contribution in [0.5, 0.6) is 0 Å². The second-order valence-corrected chi connectivity index (χ2v) is 3.21. The van der Waals surface area contributed by atoms with E-state index in [1.165, 1.54) is 0 Å². The molecule has 0 unspecified atom stereocenters. The van der Waals surface area contributed by atoms with E-state index in [1.807, 2.05) is 48.7 Å². The molecule has 1 aromatic carbocycles. The second-order valence-electron chi connectivity index (χ2n) is 3.21. The highest BCUT2D eigenvalue weighted by Crippen LogP contribution is 2.03. The summed E-state index contributed by atoms with van der Waals surface area (Å²) in [5, 5.41) is 0. The molecule has 3 nitrogen and oxygen atoms in total. The lowest BCUT2D eigenvalue weighted by Crippen LogP contribution is -2.20. The molecule has 0 spiro atoms. The number of para-hydroxylation sites is 1. The minimum Gasteiger partial charge on any atom is -0.321 e. The Hall–Kier alpha value is -1.87. The van der Waals surface area contributed by atoms with E-state index in [9.17, 15) is 0 Å². The molecule has 0 saturated carbocycles. The number of nitrogens with zero attached hydrogens (tertiary/aromatic N) is 1. The zero-order valence-corrected chi connectivity index (χ0v) is 8.35. The Morgan fingerprint density at radius 2 is 1.87 bits per heavy atom. The molecule has 1 heterocycles. The normalized spacial score (nSPS) is 9.87. The van der Waals surface area contributed by atoms with E-state index >= 15 is 0 Å². The number of hydrogen-bond donors (Lipinski definition) is 2. The van der Waals surface area contributed by atoms with Crippen molar-refractivity contribution < 1.29 is 0 Å². The summed E-state index contributed by atoms with van der Waals surface area (Å²) in [6.07, 6.45) is 3.62. The van der Waals surface area contributed by atoms with Gasteiger partial charge in [0.05, 0.1) is 0 Å². The molecule has 2 rings (SSSR count). The molecule has 0 atom stereocenters. The number of hydrogen-bond acceptors (Lipinski definition) is 3. The van der Waals surface area contributed by atoms with Gasteiger partial charge in [0, 0.05) is 24.6 Å². The van der Waals surface area contributed by atoms with Crippen molar-refractivity contribution in [3.05, 3.63) is 60.4 Å². The van der Waals surface area contributed by atoms with Crippen molar-refractivity contribution in [2.75, 3.05) is 5.43 Å². The molecule has 15 heavy (non-hydrogen) atoms. The number of anilines is 1. The highest BCUT2D eigenvalue weighted by atomic mass is 15.3. The summed E-state index contributed by atoms with van der Waals surface area (Å²) in [4.78, 5) is 4.04. The molecule has 2 aromatic rings. The third-order valence-corrected chi connectivity index (χ3v) is 2.02. The van der Waals surface area contributed by atoms with Crippen molar-refractivity contribution in [1.82, 2.24) is 10.4 Å². The van der Waals surface area contributed by atoms with Gasteiger partial charge in [-0.05, 0) is 23.8 Å². The molecule has 0 aliphatic heterocycles. The van der Waals surface area contributed by atoms with Gasteiger partial charge in [-0.25, -0.2) is 5.43 Å². The monoisotopic (exact) mass is 199 g/mol. The summed E-state index contributed by atoms with van der Waals surface area (Å²) in [6, 6.07) is 14.0. The average molecular weight is 199 g/mol. The SMILES string of the molecule is c1ccc(NNCc2cccnc2)cc1. The van der Waals surface area contributed by atoms with Crippen LogP contribution in [0.25, 0.3) is 0 Å². The van der Waals surface area contributed by atoms with Crippen LogP contribution < -0.4 is 10.9 Å². The van der Waals surface area contributed by atoms with Gasteiger partial charge in [-0.3, -0.25) is 4.98 Å². The fourth-order valence-electron chi connectivity index (χ4n) is 1.27. The van der Waals surface area contributed by atoms with Crippen molar-refractivity contribution in [3.8, 4) is 0 Å². The Labute approximate surface area is 89.1 Å². The fourth-order valence-corrected chi connectivity index (χ4v) is 1.27. The first kappa shape index (κ1) is 9.68. The van der Waals surface area contributed by atoms with Gasteiger partial charge in [0.15, 0.2) is 0 Å². The van der Waals surface area contributed by atoms with E-state index in [-0.39, 0.29) is 0 Å². The van der Waals surface area contributed by atoms with Gasteiger partial charge in [0.25, 0.3) is 0 Å². The summed E-state index contributed by atoms with van der Waals surface area (Å²) in [5.41, 5.74) is 8.45. The van der Waals surface area contributed by atoms with Gasteiger partial charge in [0.2, 0.25) is 0 Å². The molecule has 0 bridgehead atoms. The zero-order chi connectivity index (χ0) is 10.3. The molecule has 0 saturated heterocycles. The smallest absolute Gasteiger partial charge is 0.0487 e. The van der Waals surface area contributed by atoms with Crippen molar-refractivity contribution in [2.24, 2.45) is 0 Å². The number of pyridine rings is 1. The van der Waals surface area contributed by atoms with E-state index in [0.29, 0.717) is 0 Å². The van der Waals surface area contributed by atoms with Gasteiger partial charge in [-0.1, -0.05) is 24.3 Å². The van der Waals surface area contributed by atoms with Crippen LogP contribution in [0, 0.1) is 0 Å². The summed E-state index contributed by atoms with van der Waals surface area (Å²) in [7, 11) is 0. The van der Waals surface area contributed by atoms with Crippen LogP contribution >= 0.6 is 0 Å². The van der Waals surface area contributed by atoms with Crippen LogP contribution in [-0.4, -0.2) is 4.98 Å². The van der Waals surface area contributed by atoms with Gasteiger partial charge >= 0.3 is 0 Å². The quantitative estimate of drug-likeness (QED) is 0.741. The van der Waals surface area contributed by atoms with E-state index in [2.05, 4.69) is 15.8 Å². The van der Waals surface area contributed by atoms with Gasteiger partial charge < -0.3 is 5.43 Å². The molecule has 0 radical (unpaired) electrons. The minimum absolute atomic E-state index is 0.753. The lowest BCUT2D eigenvalue weighted by Gasteiger charge is -2.07. The topological polar surface area (TPSA) is 37.0 Å². The predicted octanol–water partition coefficient (Wildman–Crippen LogP) is 2.20. The molecule has 0 fully saturated rings. The molecular formula is C12H13N3. The van der Waals surface area contributed by atoms with Crippen LogP contribution in [-0.2, 0) is 6.54 Å². The Kier molecular flexibility index (Phi) is 3.30. The Balaban J connectivity index is 1.81. The maximum Gasteiger partial charge on any atom is 0.0487 e. The third-order valence-electron chi connectivity index (χ3n) is 2.02. The maximum atomic E-state index is 4.04. The summed E-state index contributed by atoms with van der Waals surface area (Å²) in [5.74, 6) is 0. The van der Waals surface area contributed by atoms with Gasteiger partial charge in [0.1, 0.15) is 0 Å². The standard InChI is InChI=1S/C12H13N3/c1-2-6-12(7-3-1)15-14-10-11-5-4-8-13-9-11/h1-9,14-15H,10H2. The van der Waals surface area contributed by atoms with Crippen LogP contribution in [0.1, 0.15) is 5.56 Å². The first-order chi connectivity index (χ1) is 7.45. The summed E-state index contributed by atoms with van der Waals surface area (Å²) < 4.78 is 0. The average Bonchev–Trinajstić information content (AvgIpc) is 2.32. The first-order valence-corrected chi connectivity index (χ1v) is 4.88. The molecule has 3 heteroatoms. The molecule has 0 aliphatic carbocycles. The lowest BCUT2D eigenvalue weighted by molar-refractivity contribution is 0.797. The Bertz CT molecular complexity index is 347. The molecular weight excluding hydrogens is 186 g/mol. The van der Waals surface area contributed by atoms with Crippen LogP contribution in [0.2, 0.25) is 0 Å². The predicted molar refractivity (Wildman–Crippen MR) is 61.1 cm³/mol. The molecule has 0 aliphatic rings. The zero-order valence-electron chi connectivity index (χ0n) is 8.35. The van der Waals surface area contributed by atoms with E-state index in [1.54, 1.807) is 6.20 Å². The molecule has 2 N–H and O–H groups in total. The van der Waals surface area contributed by atoms with E-state index in [0.717, 1.165) is 17.8 Å². The van der Waals surface area contributed by atoms with Crippen LogP contribution in [0.4, 0.5) is 5.69 Å². The number of rotatable bonds is 4. The summed E-state index contributed by atoms with van der Waals surface area (Å²) >= 11 is 0. The number of aromatic nitrogens is 1. The fraction of sp³-hybridized carbons (Fsp3) is 0.0833. The van der Waals surface area contributed by atoms with Crippen molar-refractivity contribution in [3.63, 3.8) is 0 Å². The van der Waals surface area contributed by atoms with E-state index in [4.69, 9.17) is 0 Å². The number of nitrogens with one attached hydrogen (secondary N) is 2. The van der Waals surface area contributed by atoms with Crippen molar-refractivity contribution in [1.29, 1.82) is 0 Å². The lowest BCUT2D eigenvalue weighted by atomic mass is 10.3. The first-order valence-electron chi connectivity index (χ1n) is 4.88. The largest absolute Gasteiger partial charge is 0.321 e. The van der Waals surface area contributed by atoms with Gasteiger partial charge in [-0.15, -0.1) is 0 Å².